The van der Waals surface area contributed by atoms with Gasteiger partial charge in [0.1, 0.15) is 24.7 Å². The molecule has 176 valence electrons. The second kappa shape index (κ2) is 12.8. The van der Waals surface area contributed by atoms with Gasteiger partial charge in [-0.15, -0.1) is 0 Å². The zero-order valence-electron chi connectivity index (χ0n) is 19.2. The van der Waals surface area contributed by atoms with Gasteiger partial charge < -0.3 is 19.9 Å². The highest BCUT2D eigenvalue weighted by molar-refractivity contribution is 5.79. The lowest BCUT2D eigenvalue weighted by Gasteiger charge is -2.12. The molecule has 0 bridgehead atoms. The topological polar surface area (TPSA) is 84.9 Å². The minimum atomic E-state index is -1.04. The number of aliphatic carboxylic acids is 1. The molecule has 0 heterocycles. The van der Waals surface area contributed by atoms with E-state index in [1.165, 1.54) is 17.2 Å². The van der Waals surface area contributed by atoms with Crippen molar-refractivity contribution in [3.63, 3.8) is 0 Å². The Morgan fingerprint density at radius 1 is 0.912 bits per heavy atom. The number of rotatable bonds is 12. The quantitative estimate of drug-likeness (QED) is 0.390. The second-order valence-corrected chi connectivity index (χ2v) is 7.84. The zero-order valence-corrected chi connectivity index (χ0v) is 19.2. The summed E-state index contributed by atoms with van der Waals surface area (Å²) in [6.07, 6.45) is 3.39. The number of carboxylic acids is 1. The van der Waals surface area contributed by atoms with Gasteiger partial charge in [0, 0.05) is 18.7 Å². The van der Waals surface area contributed by atoms with Gasteiger partial charge in [0.2, 0.25) is 5.91 Å². The van der Waals surface area contributed by atoms with Crippen molar-refractivity contribution in [1.82, 2.24) is 5.32 Å². The third-order valence-corrected chi connectivity index (χ3v) is 5.14. The molecule has 6 nitrogen and oxygen atoms in total. The van der Waals surface area contributed by atoms with Crippen LogP contribution in [0.4, 0.5) is 0 Å². The van der Waals surface area contributed by atoms with E-state index >= 15 is 0 Å². The fourth-order valence-electron chi connectivity index (χ4n) is 3.41. The molecule has 3 rings (SSSR count). The van der Waals surface area contributed by atoms with Crippen molar-refractivity contribution >= 4 is 11.9 Å². The first kappa shape index (κ1) is 24.6. The summed E-state index contributed by atoms with van der Waals surface area (Å²) in [5.41, 5.74) is 4.19. The monoisotopic (exact) mass is 459 g/mol. The molecule has 0 atom stereocenters. The number of carbonyl (C=O) groups is 2. The van der Waals surface area contributed by atoms with Crippen LogP contribution in [0.2, 0.25) is 0 Å². The fourth-order valence-corrected chi connectivity index (χ4v) is 3.41. The van der Waals surface area contributed by atoms with E-state index in [2.05, 4.69) is 24.4 Å². The van der Waals surface area contributed by atoms with Crippen molar-refractivity contribution in [1.29, 1.82) is 0 Å². The number of amides is 1. The first-order valence-corrected chi connectivity index (χ1v) is 11.1. The molecule has 0 aliphatic carbocycles. The summed E-state index contributed by atoms with van der Waals surface area (Å²) < 4.78 is 11.6. The van der Waals surface area contributed by atoms with Gasteiger partial charge in [0.25, 0.3) is 0 Å². The maximum Gasteiger partial charge on any atom is 0.328 e. The van der Waals surface area contributed by atoms with Crippen molar-refractivity contribution in [2.75, 3.05) is 13.2 Å². The smallest absolute Gasteiger partial charge is 0.328 e. The molecule has 0 aliphatic rings. The average molecular weight is 460 g/mol. The van der Waals surface area contributed by atoms with Gasteiger partial charge in [-0.2, -0.15) is 0 Å². The largest absolute Gasteiger partial charge is 0.489 e. The molecule has 0 unspecified atom stereocenters. The molecule has 0 radical (unpaired) electrons. The van der Waals surface area contributed by atoms with Crippen LogP contribution < -0.4 is 14.8 Å². The predicted octanol–water partition coefficient (Wildman–Crippen LogP) is 4.50. The fraction of sp³-hybridized carbons (Fsp3) is 0.214. The Kier molecular flexibility index (Phi) is 9.29. The van der Waals surface area contributed by atoms with Crippen LogP contribution in [0.3, 0.4) is 0 Å². The number of benzene rings is 3. The SMILES string of the molecule is Cc1ccccc1CCNC(=O)Cc1cc(OC/C=C/C(=O)O)cc(OCc2ccccc2)c1. The second-order valence-electron chi connectivity index (χ2n) is 7.84. The molecule has 1 amide bonds. The lowest BCUT2D eigenvalue weighted by atomic mass is 10.1. The van der Waals surface area contributed by atoms with Gasteiger partial charge >= 0.3 is 5.97 Å². The number of hydrogen-bond donors (Lipinski definition) is 2. The van der Waals surface area contributed by atoms with E-state index in [4.69, 9.17) is 14.6 Å². The number of ether oxygens (including phenoxy) is 2. The number of carbonyl (C=O) groups excluding carboxylic acids is 1. The van der Waals surface area contributed by atoms with Crippen LogP contribution in [0.1, 0.15) is 22.3 Å². The Labute approximate surface area is 199 Å². The molecule has 2 N–H and O–H groups in total. The van der Waals surface area contributed by atoms with Crippen molar-refractivity contribution in [2.45, 2.75) is 26.4 Å². The van der Waals surface area contributed by atoms with Gasteiger partial charge in [0.05, 0.1) is 6.42 Å². The van der Waals surface area contributed by atoms with E-state index in [0.29, 0.717) is 24.7 Å². The van der Waals surface area contributed by atoms with Crippen LogP contribution in [0.15, 0.2) is 84.9 Å². The van der Waals surface area contributed by atoms with Gasteiger partial charge in [-0.25, -0.2) is 4.79 Å². The standard InChI is InChI=1S/C28H29NO5/c1-21-8-5-6-11-24(21)13-14-29-27(30)18-23-16-25(33-15-7-12-28(31)32)19-26(17-23)34-20-22-9-3-2-4-10-22/h2-12,16-17,19H,13-15,18,20H2,1H3,(H,29,30)(H,31,32)/b12-7+. The van der Waals surface area contributed by atoms with Crippen LogP contribution in [-0.2, 0) is 29.0 Å². The first-order chi connectivity index (χ1) is 16.5. The lowest BCUT2D eigenvalue weighted by Crippen LogP contribution is -2.27. The minimum absolute atomic E-state index is 0.0921. The summed E-state index contributed by atoms with van der Waals surface area (Å²) in [5, 5.41) is 11.7. The van der Waals surface area contributed by atoms with Gasteiger partial charge in [-0.05, 0) is 53.8 Å². The Balaban J connectivity index is 1.63. The average Bonchev–Trinajstić information content (AvgIpc) is 2.82. The molecule has 3 aromatic carbocycles. The van der Waals surface area contributed by atoms with E-state index in [9.17, 15) is 9.59 Å². The number of carboxylic acid groups (broad SMARTS) is 1. The molecule has 0 saturated heterocycles. The summed E-state index contributed by atoms with van der Waals surface area (Å²) in [4.78, 5) is 23.2. The van der Waals surface area contributed by atoms with Crippen molar-refractivity contribution in [3.8, 4) is 11.5 Å². The molecule has 0 aromatic heterocycles. The van der Waals surface area contributed by atoms with Crippen molar-refractivity contribution in [2.24, 2.45) is 0 Å². The number of hydrogen-bond acceptors (Lipinski definition) is 4. The molecule has 0 saturated carbocycles. The van der Waals surface area contributed by atoms with Crippen LogP contribution >= 0.6 is 0 Å². The summed E-state index contributed by atoms with van der Waals surface area (Å²) in [6.45, 7) is 3.09. The van der Waals surface area contributed by atoms with Gasteiger partial charge in [-0.1, -0.05) is 54.6 Å². The number of nitrogens with one attached hydrogen (secondary N) is 1. The molecule has 0 spiro atoms. The van der Waals surface area contributed by atoms with E-state index in [1.807, 2.05) is 48.5 Å². The normalized spacial score (nSPS) is 10.7. The van der Waals surface area contributed by atoms with Crippen molar-refractivity contribution in [3.05, 3.63) is 107 Å². The predicted molar refractivity (Wildman–Crippen MR) is 131 cm³/mol. The maximum atomic E-state index is 12.6. The number of aryl methyl sites for hydroxylation is 1. The van der Waals surface area contributed by atoms with Crippen LogP contribution in [-0.4, -0.2) is 30.1 Å². The molecular formula is C28H29NO5. The molecule has 0 aliphatic heterocycles. The molecule has 0 fully saturated rings. The highest BCUT2D eigenvalue weighted by atomic mass is 16.5. The zero-order chi connectivity index (χ0) is 24.2. The van der Waals surface area contributed by atoms with Gasteiger partial charge in [0.15, 0.2) is 0 Å². The molecule has 6 heteroatoms. The summed E-state index contributed by atoms with van der Waals surface area (Å²) in [5.74, 6) is -0.0493. The van der Waals surface area contributed by atoms with Crippen LogP contribution in [0.5, 0.6) is 11.5 Å². The highest BCUT2D eigenvalue weighted by Crippen LogP contribution is 2.24. The Morgan fingerprint density at radius 2 is 1.62 bits per heavy atom. The Bertz CT molecular complexity index is 1120. The molecular weight excluding hydrogens is 430 g/mol. The highest BCUT2D eigenvalue weighted by Gasteiger charge is 2.09. The Hall–Kier alpha value is -4.06. The van der Waals surface area contributed by atoms with E-state index in [-0.39, 0.29) is 18.9 Å². The van der Waals surface area contributed by atoms with E-state index in [0.717, 1.165) is 23.6 Å². The summed E-state index contributed by atoms with van der Waals surface area (Å²) >= 11 is 0. The van der Waals surface area contributed by atoms with Crippen LogP contribution in [0, 0.1) is 6.92 Å². The van der Waals surface area contributed by atoms with Gasteiger partial charge in [-0.3, -0.25) is 4.79 Å². The lowest BCUT2D eigenvalue weighted by molar-refractivity contribution is -0.131. The van der Waals surface area contributed by atoms with Crippen LogP contribution in [0.25, 0.3) is 0 Å². The third-order valence-electron chi connectivity index (χ3n) is 5.14. The molecule has 3 aromatic rings. The summed E-state index contributed by atoms with van der Waals surface area (Å²) in [7, 11) is 0. The van der Waals surface area contributed by atoms with E-state index in [1.54, 1.807) is 12.1 Å². The third kappa shape index (κ3) is 8.47. The summed E-state index contributed by atoms with van der Waals surface area (Å²) in [6, 6.07) is 23.2. The molecule has 34 heavy (non-hydrogen) atoms. The minimum Gasteiger partial charge on any atom is -0.489 e. The van der Waals surface area contributed by atoms with Crippen molar-refractivity contribution < 1.29 is 24.2 Å². The Morgan fingerprint density at radius 3 is 2.35 bits per heavy atom. The maximum absolute atomic E-state index is 12.6. The first-order valence-electron chi connectivity index (χ1n) is 11.1. The van der Waals surface area contributed by atoms with E-state index < -0.39 is 5.97 Å².